The second kappa shape index (κ2) is 9.46. The fraction of sp³-hybridized carbons (Fsp3) is 0.600. The Morgan fingerprint density at radius 3 is 2.62 bits per heavy atom. The normalized spacial score (nSPS) is 12.0. The van der Waals surface area contributed by atoms with E-state index >= 15 is 0 Å². The van der Waals surface area contributed by atoms with Gasteiger partial charge in [0.1, 0.15) is 0 Å². The minimum absolute atomic E-state index is 0.0434. The summed E-state index contributed by atoms with van der Waals surface area (Å²) in [6.07, 6.45) is 2.88. The molecule has 0 radical (unpaired) electrons. The van der Waals surface area contributed by atoms with Gasteiger partial charge in [-0.2, -0.15) is 11.8 Å². The third-order valence-electron chi connectivity index (χ3n) is 2.91. The Labute approximate surface area is 133 Å². The molecule has 0 saturated carbocycles. The summed E-state index contributed by atoms with van der Waals surface area (Å²) >= 11 is 1.72. The lowest BCUT2D eigenvalue weighted by Crippen LogP contribution is -2.26. The Kier molecular flexibility index (Phi) is 8.33. The summed E-state index contributed by atoms with van der Waals surface area (Å²) in [5, 5.41) is 3.33. The predicted molar refractivity (Wildman–Crippen MR) is 92.0 cm³/mol. The summed E-state index contributed by atoms with van der Waals surface area (Å²) in [5.74, 6) is 1.01. The molecule has 1 aromatic carbocycles. The summed E-state index contributed by atoms with van der Waals surface area (Å²) in [4.78, 5) is 0. The molecule has 1 rings (SSSR count). The van der Waals surface area contributed by atoms with E-state index in [-0.39, 0.29) is 5.75 Å². The van der Waals surface area contributed by atoms with Crippen molar-refractivity contribution < 1.29 is 8.42 Å². The fourth-order valence-electron chi connectivity index (χ4n) is 1.87. The molecule has 0 aliphatic carbocycles. The van der Waals surface area contributed by atoms with E-state index in [0.717, 1.165) is 29.8 Å². The molecule has 0 fully saturated rings. The molecule has 0 aromatic heterocycles. The van der Waals surface area contributed by atoms with Crippen molar-refractivity contribution in [1.29, 1.82) is 0 Å². The van der Waals surface area contributed by atoms with Gasteiger partial charge in [0.05, 0.1) is 5.75 Å². The van der Waals surface area contributed by atoms with Crippen LogP contribution in [0.1, 0.15) is 31.4 Å². The van der Waals surface area contributed by atoms with Crippen molar-refractivity contribution in [2.75, 3.05) is 18.6 Å². The van der Waals surface area contributed by atoms with Gasteiger partial charge in [-0.05, 0) is 29.6 Å². The van der Waals surface area contributed by atoms with Gasteiger partial charge in [-0.3, -0.25) is 0 Å². The topological polar surface area (TPSA) is 58.2 Å². The Morgan fingerprint density at radius 2 is 1.95 bits per heavy atom. The SMILES string of the molecule is CSCCCNS(=O)(=O)Cc1cccc(CNC(C)C)c1. The van der Waals surface area contributed by atoms with Crippen LogP contribution in [-0.4, -0.2) is 33.0 Å². The number of hydrogen-bond donors (Lipinski definition) is 2. The van der Waals surface area contributed by atoms with Crippen molar-refractivity contribution in [3.05, 3.63) is 35.4 Å². The first-order valence-electron chi connectivity index (χ1n) is 7.20. The quantitative estimate of drug-likeness (QED) is 0.647. The van der Waals surface area contributed by atoms with Gasteiger partial charge in [0.2, 0.25) is 10.0 Å². The van der Waals surface area contributed by atoms with Gasteiger partial charge in [0, 0.05) is 19.1 Å². The van der Waals surface area contributed by atoms with Gasteiger partial charge in [0.25, 0.3) is 0 Å². The average Bonchev–Trinajstić information content (AvgIpc) is 2.41. The molecule has 2 N–H and O–H groups in total. The Morgan fingerprint density at radius 1 is 1.24 bits per heavy atom. The molecule has 21 heavy (non-hydrogen) atoms. The number of sulfonamides is 1. The van der Waals surface area contributed by atoms with Crippen molar-refractivity contribution in [3.63, 3.8) is 0 Å². The molecule has 6 heteroatoms. The molecule has 120 valence electrons. The first-order chi connectivity index (χ1) is 9.93. The average molecular weight is 331 g/mol. The summed E-state index contributed by atoms with van der Waals surface area (Å²) in [7, 11) is -3.24. The van der Waals surface area contributed by atoms with Crippen molar-refractivity contribution >= 4 is 21.8 Å². The highest BCUT2D eigenvalue weighted by molar-refractivity contribution is 7.98. The third kappa shape index (κ3) is 8.46. The van der Waals surface area contributed by atoms with E-state index < -0.39 is 10.0 Å². The van der Waals surface area contributed by atoms with Crippen LogP contribution in [-0.2, 0) is 22.3 Å². The number of thioether (sulfide) groups is 1. The lowest BCUT2D eigenvalue weighted by atomic mass is 10.1. The largest absolute Gasteiger partial charge is 0.310 e. The van der Waals surface area contributed by atoms with Crippen molar-refractivity contribution in [1.82, 2.24) is 10.0 Å². The Balaban J connectivity index is 2.54. The van der Waals surface area contributed by atoms with E-state index in [1.807, 2.05) is 30.5 Å². The van der Waals surface area contributed by atoms with E-state index in [1.54, 1.807) is 11.8 Å². The molecule has 0 aliphatic rings. The number of rotatable bonds is 10. The summed E-state index contributed by atoms with van der Waals surface area (Å²) < 4.78 is 26.7. The second-order valence-corrected chi connectivity index (χ2v) is 8.15. The molecular weight excluding hydrogens is 304 g/mol. The van der Waals surface area contributed by atoms with Gasteiger partial charge >= 0.3 is 0 Å². The van der Waals surface area contributed by atoms with Gasteiger partial charge < -0.3 is 5.32 Å². The number of nitrogens with one attached hydrogen (secondary N) is 2. The summed E-state index contributed by atoms with van der Waals surface area (Å²) in [6, 6.07) is 8.15. The zero-order valence-corrected chi connectivity index (χ0v) is 14.7. The Bertz CT molecular complexity index is 516. The van der Waals surface area contributed by atoms with Crippen LogP contribution < -0.4 is 10.0 Å². The van der Waals surface area contributed by atoms with Crippen LogP contribution in [0.15, 0.2) is 24.3 Å². The van der Waals surface area contributed by atoms with Gasteiger partial charge in [0.15, 0.2) is 0 Å². The molecule has 1 aromatic rings. The van der Waals surface area contributed by atoms with Crippen LogP contribution in [0.2, 0.25) is 0 Å². The van der Waals surface area contributed by atoms with E-state index in [0.29, 0.717) is 12.6 Å². The predicted octanol–water partition coefficient (Wildman–Crippen LogP) is 2.36. The van der Waals surface area contributed by atoms with E-state index in [1.165, 1.54) is 0 Å². The molecule has 4 nitrogen and oxygen atoms in total. The van der Waals surface area contributed by atoms with Crippen LogP contribution in [0.5, 0.6) is 0 Å². The molecule has 0 heterocycles. The number of benzene rings is 1. The van der Waals surface area contributed by atoms with Crippen molar-refractivity contribution in [2.45, 2.75) is 38.6 Å². The summed E-state index contributed by atoms with van der Waals surface area (Å²) in [5.41, 5.74) is 1.94. The number of hydrogen-bond acceptors (Lipinski definition) is 4. The van der Waals surface area contributed by atoms with Crippen LogP contribution in [0.4, 0.5) is 0 Å². The van der Waals surface area contributed by atoms with Gasteiger partial charge in [-0.15, -0.1) is 0 Å². The molecule has 0 bridgehead atoms. The van der Waals surface area contributed by atoms with E-state index in [4.69, 9.17) is 0 Å². The molecule has 0 amide bonds. The fourth-order valence-corrected chi connectivity index (χ4v) is 3.47. The van der Waals surface area contributed by atoms with Gasteiger partial charge in [-0.25, -0.2) is 13.1 Å². The first kappa shape index (κ1) is 18.5. The van der Waals surface area contributed by atoms with Crippen molar-refractivity contribution in [3.8, 4) is 0 Å². The summed E-state index contributed by atoms with van der Waals surface area (Å²) in [6.45, 7) is 5.45. The van der Waals surface area contributed by atoms with Crippen LogP contribution in [0.3, 0.4) is 0 Å². The molecule has 0 aliphatic heterocycles. The first-order valence-corrected chi connectivity index (χ1v) is 10.2. The van der Waals surface area contributed by atoms with Crippen LogP contribution in [0, 0.1) is 0 Å². The Hall–Kier alpha value is -0.560. The lowest BCUT2D eigenvalue weighted by Gasteiger charge is -2.10. The molecule has 0 saturated heterocycles. The lowest BCUT2D eigenvalue weighted by molar-refractivity contribution is 0.579. The van der Waals surface area contributed by atoms with Crippen LogP contribution >= 0.6 is 11.8 Å². The minimum atomic E-state index is -3.24. The van der Waals surface area contributed by atoms with Crippen molar-refractivity contribution in [2.24, 2.45) is 0 Å². The maximum atomic E-state index is 12.0. The van der Waals surface area contributed by atoms with E-state index in [9.17, 15) is 8.42 Å². The second-order valence-electron chi connectivity index (χ2n) is 5.36. The standard InChI is InChI=1S/C15H26N2O2S2/c1-13(2)16-11-14-6-4-7-15(10-14)12-21(18,19)17-8-5-9-20-3/h4,6-7,10,13,16-17H,5,8-9,11-12H2,1-3H3. The molecule has 0 atom stereocenters. The minimum Gasteiger partial charge on any atom is -0.310 e. The molecule has 0 spiro atoms. The van der Waals surface area contributed by atoms with E-state index in [2.05, 4.69) is 23.9 Å². The maximum absolute atomic E-state index is 12.0. The smallest absolute Gasteiger partial charge is 0.215 e. The molecular formula is C15H26N2O2S2. The highest BCUT2D eigenvalue weighted by atomic mass is 32.2. The third-order valence-corrected chi connectivity index (χ3v) is 4.96. The highest BCUT2D eigenvalue weighted by Gasteiger charge is 2.11. The molecule has 0 unspecified atom stereocenters. The van der Waals surface area contributed by atoms with Crippen LogP contribution in [0.25, 0.3) is 0 Å². The zero-order chi connectivity index (χ0) is 15.7. The monoisotopic (exact) mass is 330 g/mol. The highest BCUT2D eigenvalue weighted by Crippen LogP contribution is 2.09. The maximum Gasteiger partial charge on any atom is 0.215 e. The zero-order valence-electron chi connectivity index (χ0n) is 13.1. The van der Waals surface area contributed by atoms with Gasteiger partial charge in [-0.1, -0.05) is 38.1 Å².